The number of benzene rings is 2. The first kappa shape index (κ1) is 15.3. The Balaban J connectivity index is 2.25. The molecular formula is C13H9BrClN3O3. The Labute approximate surface area is 133 Å². The Morgan fingerprint density at radius 1 is 1.29 bits per heavy atom. The van der Waals surface area contributed by atoms with Gasteiger partial charge in [-0.1, -0.05) is 11.6 Å². The summed E-state index contributed by atoms with van der Waals surface area (Å²) in [4.78, 5) is 22.3. The molecule has 0 bridgehead atoms. The smallest absolute Gasteiger partial charge is 0.270 e. The summed E-state index contributed by atoms with van der Waals surface area (Å²) >= 11 is 8.95. The second kappa shape index (κ2) is 6.11. The van der Waals surface area contributed by atoms with Crippen molar-refractivity contribution in [2.75, 3.05) is 11.1 Å². The number of nitrogens with two attached hydrogens (primary N) is 1. The average Bonchev–Trinajstić information content (AvgIpc) is 2.40. The van der Waals surface area contributed by atoms with Crippen LogP contribution in [0.3, 0.4) is 0 Å². The first-order valence-corrected chi connectivity index (χ1v) is 6.86. The van der Waals surface area contributed by atoms with Crippen LogP contribution in [-0.2, 0) is 0 Å². The SMILES string of the molecule is Nc1cc(Cl)ccc1C(=O)Nc1ccc([N+](=O)[O-])cc1Br. The van der Waals surface area contributed by atoms with Crippen LogP contribution in [0.1, 0.15) is 10.4 Å². The molecule has 3 N–H and O–H groups in total. The summed E-state index contributed by atoms with van der Waals surface area (Å²) in [6.07, 6.45) is 0. The van der Waals surface area contributed by atoms with Crippen LogP contribution in [0.4, 0.5) is 17.1 Å². The first-order chi connectivity index (χ1) is 9.88. The van der Waals surface area contributed by atoms with Crippen molar-refractivity contribution in [1.29, 1.82) is 0 Å². The topological polar surface area (TPSA) is 98.3 Å². The number of hydrogen-bond acceptors (Lipinski definition) is 4. The Hall–Kier alpha value is -2.12. The van der Waals surface area contributed by atoms with E-state index in [-0.39, 0.29) is 16.9 Å². The van der Waals surface area contributed by atoms with Gasteiger partial charge in [0.05, 0.1) is 16.2 Å². The van der Waals surface area contributed by atoms with Gasteiger partial charge in [-0.3, -0.25) is 14.9 Å². The van der Waals surface area contributed by atoms with E-state index in [2.05, 4.69) is 21.2 Å². The maximum atomic E-state index is 12.1. The third-order valence-electron chi connectivity index (χ3n) is 2.67. The molecular weight excluding hydrogens is 362 g/mol. The second-order valence-electron chi connectivity index (χ2n) is 4.11. The average molecular weight is 371 g/mol. The maximum absolute atomic E-state index is 12.1. The number of nitro groups is 1. The van der Waals surface area contributed by atoms with Crippen molar-refractivity contribution in [3.8, 4) is 0 Å². The van der Waals surface area contributed by atoms with Crippen LogP contribution in [0.5, 0.6) is 0 Å². The van der Waals surface area contributed by atoms with E-state index in [9.17, 15) is 14.9 Å². The van der Waals surface area contributed by atoms with Crippen LogP contribution in [0.2, 0.25) is 5.02 Å². The van der Waals surface area contributed by atoms with Gasteiger partial charge in [0.15, 0.2) is 0 Å². The van der Waals surface area contributed by atoms with Gasteiger partial charge in [-0.05, 0) is 40.2 Å². The molecule has 0 saturated heterocycles. The zero-order chi connectivity index (χ0) is 15.6. The molecule has 0 aromatic heterocycles. The van der Waals surface area contributed by atoms with E-state index in [4.69, 9.17) is 17.3 Å². The zero-order valence-corrected chi connectivity index (χ0v) is 12.8. The van der Waals surface area contributed by atoms with E-state index in [0.717, 1.165) is 0 Å². The summed E-state index contributed by atoms with van der Waals surface area (Å²) in [6, 6.07) is 8.57. The van der Waals surface area contributed by atoms with E-state index in [1.807, 2.05) is 0 Å². The number of carbonyl (C=O) groups is 1. The molecule has 0 heterocycles. The van der Waals surface area contributed by atoms with Gasteiger partial charge in [-0.15, -0.1) is 0 Å². The molecule has 2 rings (SSSR count). The molecule has 0 radical (unpaired) electrons. The van der Waals surface area contributed by atoms with Gasteiger partial charge in [0, 0.05) is 27.3 Å². The van der Waals surface area contributed by atoms with Crippen LogP contribution < -0.4 is 11.1 Å². The molecule has 0 fully saturated rings. The first-order valence-electron chi connectivity index (χ1n) is 5.69. The Kier molecular flexibility index (Phi) is 4.44. The third kappa shape index (κ3) is 3.50. The van der Waals surface area contributed by atoms with Gasteiger partial charge >= 0.3 is 0 Å². The number of nitrogen functional groups attached to an aromatic ring is 1. The van der Waals surface area contributed by atoms with Crippen LogP contribution in [0.25, 0.3) is 0 Å². The molecule has 0 aliphatic rings. The van der Waals surface area contributed by atoms with Crippen molar-refractivity contribution in [2.45, 2.75) is 0 Å². The predicted molar refractivity (Wildman–Crippen MR) is 84.6 cm³/mol. The molecule has 21 heavy (non-hydrogen) atoms. The molecule has 0 spiro atoms. The maximum Gasteiger partial charge on any atom is 0.270 e. The molecule has 0 unspecified atom stereocenters. The standard InChI is InChI=1S/C13H9BrClN3O3/c14-10-6-8(18(20)21)2-4-12(10)17-13(19)9-3-1-7(15)5-11(9)16/h1-6H,16H2,(H,17,19). The summed E-state index contributed by atoms with van der Waals surface area (Å²) in [5.74, 6) is -0.432. The van der Waals surface area contributed by atoms with E-state index in [1.165, 1.54) is 30.3 Å². The minimum atomic E-state index is -0.520. The van der Waals surface area contributed by atoms with Crippen molar-refractivity contribution >= 4 is 50.5 Å². The summed E-state index contributed by atoms with van der Waals surface area (Å²) in [5.41, 5.74) is 6.57. The minimum absolute atomic E-state index is 0.0779. The van der Waals surface area contributed by atoms with Crippen LogP contribution in [0.15, 0.2) is 40.9 Å². The van der Waals surface area contributed by atoms with Gasteiger partial charge in [-0.2, -0.15) is 0 Å². The van der Waals surface area contributed by atoms with Gasteiger partial charge < -0.3 is 11.1 Å². The fourth-order valence-corrected chi connectivity index (χ4v) is 2.30. The number of non-ortho nitro benzene ring substituents is 1. The van der Waals surface area contributed by atoms with Crippen LogP contribution >= 0.6 is 27.5 Å². The van der Waals surface area contributed by atoms with Crippen LogP contribution in [0, 0.1) is 10.1 Å². The predicted octanol–water partition coefficient (Wildman–Crippen LogP) is 3.85. The van der Waals surface area contributed by atoms with Crippen molar-refractivity contribution in [3.63, 3.8) is 0 Å². The highest BCUT2D eigenvalue weighted by atomic mass is 79.9. The third-order valence-corrected chi connectivity index (χ3v) is 3.56. The molecule has 2 aromatic carbocycles. The Bertz CT molecular complexity index is 737. The zero-order valence-electron chi connectivity index (χ0n) is 10.5. The number of nitro benzene ring substituents is 1. The normalized spacial score (nSPS) is 10.2. The van der Waals surface area contributed by atoms with E-state index in [0.29, 0.717) is 15.2 Å². The fraction of sp³-hybridized carbons (Fsp3) is 0. The largest absolute Gasteiger partial charge is 0.398 e. The van der Waals surface area contributed by atoms with Crippen molar-refractivity contribution in [1.82, 2.24) is 0 Å². The Morgan fingerprint density at radius 3 is 2.57 bits per heavy atom. The lowest BCUT2D eigenvalue weighted by atomic mass is 10.1. The van der Waals surface area contributed by atoms with Gasteiger partial charge in [0.25, 0.3) is 11.6 Å². The number of amides is 1. The van der Waals surface area contributed by atoms with Gasteiger partial charge in [-0.25, -0.2) is 0 Å². The van der Waals surface area contributed by atoms with Crippen molar-refractivity contribution < 1.29 is 9.72 Å². The molecule has 2 aromatic rings. The highest BCUT2D eigenvalue weighted by Crippen LogP contribution is 2.28. The molecule has 8 heteroatoms. The lowest BCUT2D eigenvalue weighted by molar-refractivity contribution is -0.384. The summed E-state index contributed by atoms with van der Waals surface area (Å²) in [6.45, 7) is 0. The van der Waals surface area contributed by atoms with E-state index < -0.39 is 10.8 Å². The van der Waals surface area contributed by atoms with Crippen molar-refractivity contribution in [2.24, 2.45) is 0 Å². The number of nitrogens with zero attached hydrogens (tertiary/aromatic N) is 1. The molecule has 0 aliphatic heterocycles. The van der Waals surface area contributed by atoms with E-state index in [1.54, 1.807) is 6.07 Å². The molecule has 0 aliphatic carbocycles. The number of rotatable bonds is 3. The molecule has 0 saturated carbocycles. The Morgan fingerprint density at radius 2 is 2.00 bits per heavy atom. The number of carbonyl (C=O) groups excluding carboxylic acids is 1. The quantitative estimate of drug-likeness (QED) is 0.487. The summed E-state index contributed by atoms with van der Waals surface area (Å²) in [5, 5.41) is 13.7. The van der Waals surface area contributed by atoms with E-state index >= 15 is 0 Å². The summed E-state index contributed by atoms with van der Waals surface area (Å²) < 4.78 is 0.401. The molecule has 6 nitrogen and oxygen atoms in total. The number of hydrogen-bond donors (Lipinski definition) is 2. The number of anilines is 2. The number of halogens is 2. The highest BCUT2D eigenvalue weighted by Gasteiger charge is 2.14. The number of nitrogens with one attached hydrogen (secondary N) is 1. The monoisotopic (exact) mass is 369 g/mol. The molecule has 108 valence electrons. The lowest BCUT2D eigenvalue weighted by Crippen LogP contribution is -2.14. The highest BCUT2D eigenvalue weighted by molar-refractivity contribution is 9.10. The van der Waals surface area contributed by atoms with Crippen molar-refractivity contribution in [3.05, 3.63) is 61.6 Å². The lowest BCUT2D eigenvalue weighted by Gasteiger charge is -2.09. The van der Waals surface area contributed by atoms with Gasteiger partial charge in [0.2, 0.25) is 0 Å². The molecule has 1 amide bonds. The van der Waals surface area contributed by atoms with Gasteiger partial charge in [0.1, 0.15) is 0 Å². The fourth-order valence-electron chi connectivity index (χ4n) is 1.65. The molecule has 0 atom stereocenters. The van der Waals surface area contributed by atoms with Crippen LogP contribution in [-0.4, -0.2) is 10.8 Å². The minimum Gasteiger partial charge on any atom is -0.398 e. The summed E-state index contributed by atoms with van der Waals surface area (Å²) in [7, 11) is 0. The second-order valence-corrected chi connectivity index (χ2v) is 5.40.